The zero-order valence-corrected chi connectivity index (χ0v) is 13.3. The van der Waals surface area contributed by atoms with E-state index in [4.69, 9.17) is 4.74 Å². The van der Waals surface area contributed by atoms with Gasteiger partial charge in [0.15, 0.2) is 6.73 Å². The van der Waals surface area contributed by atoms with Crippen molar-refractivity contribution in [2.45, 2.75) is 6.73 Å². The number of aromatic nitrogens is 3. The number of carbonyl (C=O) groups excluding carboxylic acids is 1. The van der Waals surface area contributed by atoms with Gasteiger partial charge >= 0.3 is 5.97 Å². The van der Waals surface area contributed by atoms with E-state index in [1.54, 1.807) is 42.5 Å². The number of fused-ring (bicyclic) bond motifs is 1. The largest absolute Gasteiger partial charge is 0.439 e. The van der Waals surface area contributed by atoms with Gasteiger partial charge in [0, 0.05) is 19.8 Å². The van der Waals surface area contributed by atoms with Crippen LogP contribution in [0.5, 0.6) is 0 Å². The number of carbonyl (C=O) groups is 1. The normalized spacial score (nSPS) is 10.6. The second kappa shape index (κ2) is 6.49. The Labute approximate surface area is 138 Å². The number of rotatable bonds is 4. The van der Waals surface area contributed by atoms with Gasteiger partial charge in [0.05, 0.1) is 10.9 Å². The molecule has 0 saturated carbocycles. The predicted octanol–water partition coefficient (Wildman–Crippen LogP) is 1.67. The minimum Gasteiger partial charge on any atom is -0.439 e. The lowest BCUT2D eigenvalue weighted by Gasteiger charge is -2.13. The SMILES string of the molecule is CN(C)c1cccc(C(=O)OCn2nnc3ccccc3c2=O)c1. The highest BCUT2D eigenvalue weighted by Gasteiger charge is 2.11. The van der Waals surface area contributed by atoms with Crippen LogP contribution in [0.3, 0.4) is 0 Å². The van der Waals surface area contributed by atoms with Gasteiger partial charge < -0.3 is 9.64 Å². The third-order valence-corrected chi connectivity index (χ3v) is 3.55. The van der Waals surface area contributed by atoms with Crippen molar-refractivity contribution >= 4 is 22.6 Å². The van der Waals surface area contributed by atoms with Crippen LogP contribution in [-0.4, -0.2) is 35.1 Å². The van der Waals surface area contributed by atoms with E-state index in [2.05, 4.69) is 10.3 Å². The molecule has 7 heteroatoms. The molecule has 0 fully saturated rings. The number of hydrogen-bond acceptors (Lipinski definition) is 6. The van der Waals surface area contributed by atoms with Crippen LogP contribution in [0.15, 0.2) is 53.3 Å². The van der Waals surface area contributed by atoms with Gasteiger partial charge in [-0.1, -0.05) is 23.4 Å². The van der Waals surface area contributed by atoms with E-state index in [1.165, 1.54) is 0 Å². The van der Waals surface area contributed by atoms with Crippen LogP contribution in [0, 0.1) is 0 Å². The molecular weight excluding hydrogens is 308 g/mol. The van der Waals surface area contributed by atoms with Crippen molar-refractivity contribution in [2.24, 2.45) is 0 Å². The first kappa shape index (κ1) is 15.7. The molecule has 0 saturated heterocycles. The van der Waals surface area contributed by atoms with Crippen LogP contribution in [0.4, 0.5) is 5.69 Å². The highest BCUT2D eigenvalue weighted by molar-refractivity contribution is 5.90. The maximum atomic E-state index is 12.3. The summed E-state index contributed by atoms with van der Waals surface area (Å²) >= 11 is 0. The zero-order valence-electron chi connectivity index (χ0n) is 13.3. The Hall–Kier alpha value is -3.22. The molecule has 0 atom stereocenters. The van der Waals surface area contributed by atoms with Crippen LogP contribution in [0.25, 0.3) is 10.9 Å². The van der Waals surface area contributed by atoms with Crippen LogP contribution in [0.1, 0.15) is 10.4 Å². The van der Waals surface area contributed by atoms with E-state index in [1.807, 2.05) is 25.1 Å². The minimum atomic E-state index is -0.527. The topological polar surface area (TPSA) is 77.3 Å². The first-order valence-corrected chi connectivity index (χ1v) is 7.33. The Kier molecular flexibility index (Phi) is 4.24. The van der Waals surface area contributed by atoms with Gasteiger partial charge in [0.25, 0.3) is 5.56 Å². The maximum Gasteiger partial charge on any atom is 0.339 e. The molecule has 0 unspecified atom stereocenters. The third-order valence-electron chi connectivity index (χ3n) is 3.55. The number of hydrogen-bond donors (Lipinski definition) is 0. The van der Waals surface area contributed by atoms with Crippen LogP contribution in [0.2, 0.25) is 0 Å². The fourth-order valence-electron chi connectivity index (χ4n) is 2.22. The first-order valence-electron chi connectivity index (χ1n) is 7.33. The lowest BCUT2D eigenvalue weighted by molar-refractivity contribution is 0.0336. The van der Waals surface area contributed by atoms with Crippen molar-refractivity contribution < 1.29 is 9.53 Å². The van der Waals surface area contributed by atoms with Crippen LogP contribution < -0.4 is 10.5 Å². The molecule has 122 valence electrons. The highest BCUT2D eigenvalue weighted by Crippen LogP contribution is 2.14. The van der Waals surface area contributed by atoms with Gasteiger partial charge in [0.2, 0.25) is 0 Å². The molecule has 2 aromatic carbocycles. The minimum absolute atomic E-state index is 0.290. The molecule has 1 aromatic heterocycles. The summed E-state index contributed by atoms with van der Waals surface area (Å²) in [6.07, 6.45) is 0. The van der Waals surface area contributed by atoms with E-state index >= 15 is 0 Å². The van der Waals surface area contributed by atoms with Gasteiger partial charge in [-0.2, -0.15) is 4.68 Å². The summed E-state index contributed by atoms with van der Waals surface area (Å²) in [5, 5.41) is 8.16. The van der Waals surface area contributed by atoms with Crippen molar-refractivity contribution in [3.05, 3.63) is 64.4 Å². The third kappa shape index (κ3) is 3.10. The van der Waals surface area contributed by atoms with Crippen molar-refractivity contribution in [3.63, 3.8) is 0 Å². The molecule has 24 heavy (non-hydrogen) atoms. The van der Waals surface area contributed by atoms with Gasteiger partial charge in [0.1, 0.15) is 5.52 Å². The summed E-state index contributed by atoms with van der Waals surface area (Å²) < 4.78 is 6.21. The van der Waals surface area contributed by atoms with Gasteiger partial charge in [-0.3, -0.25) is 4.79 Å². The Bertz CT molecular complexity index is 950. The Morgan fingerprint density at radius 2 is 1.96 bits per heavy atom. The monoisotopic (exact) mass is 324 g/mol. The second-order valence-electron chi connectivity index (χ2n) is 5.42. The lowest BCUT2D eigenvalue weighted by Crippen LogP contribution is -2.26. The molecule has 3 aromatic rings. The summed E-state index contributed by atoms with van der Waals surface area (Å²) in [5.74, 6) is -0.527. The van der Waals surface area contributed by atoms with Crippen molar-refractivity contribution in [1.29, 1.82) is 0 Å². The summed E-state index contributed by atoms with van der Waals surface area (Å²) in [5.41, 5.74) is 1.44. The van der Waals surface area contributed by atoms with E-state index in [9.17, 15) is 9.59 Å². The van der Waals surface area contributed by atoms with E-state index in [0.29, 0.717) is 16.5 Å². The molecule has 0 aliphatic carbocycles. The smallest absolute Gasteiger partial charge is 0.339 e. The number of anilines is 1. The predicted molar refractivity (Wildman–Crippen MR) is 90.0 cm³/mol. The second-order valence-corrected chi connectivity index (χ2v) is 5.42. The molecule has 0 N–H and O–H groups in total. The molecule has 7 nitrogen and oxygen atoms in total. The van der Waals surface area contributed by atoms with Crippen LogP contribution in [-0.2, 0) is 11.5 Å². The molecule has 0 bridgehead atoms. The van der Waals surface area contributed by atoms with Crippen molar-refractivity contribution in [2.75, 3.05) is 19.0 Å². The zero-order chi connectivity index (χ0) is 17.1. The van der Waals surface area contributed by atoms with Gasteiger partial charge in [-0.25, -0.2) is 4.79 Å². The first-order chi connectivity index (χ1) is 11.6. The lowest BCUT2D eigenvalue weighted by atomic mass is 10.2. The number of benzene rings is 2. The number of nitrogens with zero attached hydrogens (tertiary/aromatic N) is 4. The van der Waals surface area contributed by atoms with Gasteiger partial charge in [-0.15, -0.1) is 5.10 Å². The molecule has 1 heterocycles. The summed E-state index contributed by atoms with van der Waals surface area (Å²) in [4.78, 5) is 26.3. The van der Waals surface area contributed by atoms with Gasteiger partial charge in [-0.05, 0) is 30.3 Å². The molecule has 0 aliphatic heterocycles. The fraction of sp³-hybridized carbons (Fsp3) is 0.176. The summed E-state index contributed by atoms with van der Waals surface area (Å²) in [6.45, 7) is -0.290. The molecular formula is C17H16N4O3. The number of ether oxygens (including phenoxy) is 1. The molecule has 0 amide bonds. The molecule has 0 aliphatic rings. The average molecular weight is 324 g/mol. The fourth-order valence-corrected chi connectivity index (χ4v) is 2.22. The van der Waals surface area contributed by atoms with Crippen molar-refractivity contribution in [1.82, 2.24) is 15.0 Å². The molecule has 0 spiro atoms. The average Bonchev–Trinajstić information content (AvgIpc) is 2.61. The van der Waals surface area contributed by atoms with E-state index in [0.717, 1.165) is 10.4 Å². The molecule has 0 radical (unpaired) electrons. The summed E-state index contributed by atoms with van der Waals surface area (Å²) in [6, 6.07) is 13.9. The Morgan fingerprint density at radius 3 is 2.75 bits per heavy atom. The Morgan fingerprint density at radius 1 is 1.17 bits per heavy atom. The van der Waals surface area contributed by atoms with Crippen LogP contribution >= 0.6 is 0 Å². The summed E-state index contributed by atoms with van der Waals surface area (Å²) in [7, 11) is 3.77. The number of esters is 1. The quantitative estimate of drug-likeness (QED) is 0.680. The highest BCUT2D eigenvalue weighted by atomic mass is 16.5. The maximum absolute atomic E-state index is 12.3. The standard InChI is InChI=1S/C17H16N4O3/c1-20(2)13-7-5-6-12(10-13)17(23)24-11-21-16(22)14-8-3-4-9-15(14)18-19-21/h3-10H,11H2,1-2H3. The van der Waals surface area contributed by atoms with Crippen molar-refractivity contribution in [3.8, 4) is 0 Å². The molecule has 3 rings (SSSR count). The van der Waals surface area contributed by atoms with E-state index < -0.39 is 5.97 Å². The van der Waals surface area contributed by atoms with E-state index in [-0.39, 0.29) is 12.3 Å². The Balaban J connectivity index is 1.78.